The minimum Gasteiger partial charge on any atom is -0.484 e. The Balaban J connectivity index is 1.26. The Morgan fingerprint density at radius 3 is 2.26 bits per heavy atom. The fourth-order valence-electron chi connectivity index (χ4n) is 4.21. The molecule has 0 atom stereocenters. The third kappa shape index (κ3) is 7.66. The number of hydrogen-bond donors (Lipinski definition) is 0. The van der Waals surface area contributed by atoms with Gasteiger partial charge in [0, 0.05) is 38.3 Å². The van der Waals surface area contributed by atoms with Crippen molar-refractivity contribution in [2.45, 2.75) is 6.54 Å². The van der Waals surface area contributed by atoms with E-state index in [9.17, 15) is 17.6 Å². The fourth-order valence-corrected chi connectivity index (χ4v) is 5.09. The van der Waals surface area contributed by atoms with Crippen LogP contribution in [0.3, 0.4) is 0 Å². The molecule has 3 aromatic carbocycles. The summed E-state index contributed by atoms with van der Waals surface area (Å²) in [6.45, 7) is 3.48. The molecule has 1 fully saturated rings. The molecule has 0 N–H and O–H groups in total. The Morgan fingerprint density at radius 1 is 0.947 bits per heavy atom. The molecule has 3 aromatic rings. The van der Waals surface area contributed by atoms with Crippen LogP contribution in [-0.4, -0.2) is 69.7 Å². The Morgan fingerprint density at radius 2 is 1.61 bits per heavy atom. The zero-order valence-corrected chi connectivity index (χ0v) is 22.2. The molecule has 0 aromatic heterocycles. The van der Waals surface area contributed by atoms with Crippen LogP contribution in [0, 0.1) is 5.82 Å². The Labute approximate surface area is 223 Å². The second-order valence-corrected chi connectivity index (χ2v) is 11.0. The van der Waals surface area contributed by atoms with E-state index < -0.39 is 15.8 Å². The maximum absolute atomic E-state index is 14.1. The third-order valence-electron chi connectivity index (χ3n) is 6.36. The van der Waals surface area contributed by atoms with E-state index in [1.807, 2.05) is 18.2 Å². The summed E-state index contributed by atoms with van der Waals surface area (Å²) in [5.74, 6) is -0.110. The molecule has 4 rings (SSSR count). The van der Waals surface area contributed by atoms with Crippen LogP contribution in [0.4, 0.5) is 10.1 Å². The molecular weight excluding hydrogens is 505 g/mol. The van der Waals surface area contributed by atoms with Crippen LogP contribution >= 0.6 is 0 Å². The molecule has 200 valence electrons. The molecule has 1 heterocycles. The summed E-state index contributed by atoms with van der Waals surface area (Å²) in [6, 6.07) is 22.6. The first-order valence-corrected chi connectivity index (χ1v) is 14.3. The van der Waals surface area contributed by atoms with Crippen LogP contribution in [0.15, 0.2) is 84.9 Å². The van der Waals surface area contributed by atoms with Gasteiger partial charge in [0.25, 0.3) is 5.91 Å². The molecule has 0 saturated carbocycles. The van der Waals surface area contributed by atoms with Crippen LogP contribution in [0.2, 0.25) is 0 Å². The molecule has 0 aliphatic carbocycles. The molecule has 0 bridgehead atoms. The lowest BCUT2D eigenvalue weighted by molar-refractivity contribution is -0.135. The van der Waals surface area contributed by atoms with E-state index in [0.717, 1.165) is 30.2 Å². The van der Waals surface area contributed by atoms with E-state index in [4.69, 9.17) is 4.74 Å². The standard InChI is InChI=1S/C29H32FN3O4S/c1-38(35,36)33(22-25-11-5-6-12-28(25)30)26-13-15-27(16-14-26)37-23-29(34)32-20-18-31(19-21-32)17-7-10-24-8-3-2-4-9-24/h2-16H,17-23H2,1H3/b10-7+. The highest BCUT2D eigenvalue weighted by Crippen LogP contribution is 2.24. The molecule has 0 radical (unpaired) electrons. The molecule has 1 saturated heterocycles. The molecule has 9 heteroatoms. The zero-order chi connectivity index (χ0) is 27.0. The van der Waals surface area contributed by atoms with Crippen molar-refractivity contribution >= 4 is 27.7 Å². The van der Waals surface area contributed by atoms with Crippen molar-refractivity contribution in [1.82, 2.24) is 9.80 Å². The van der Waals surface area contributed by atoms with Crippen molar-refractivity contribution in [2.75, 3.05) is 49.9 Å². The Hall–Kier alpha value is -3.69. The topological polar surface area (TPSA) is 70.2 Å². The van der Waals surface area contributed by atoms with Gasteiger partial charge in [0.05, 0.1) is 18.5 Å². The minimum atomic E-state index is -3.65. The number of sulfonamides is 1. The molecular formula is C29H32FN3O4S. The second-order valence-electron chi connectivity index (χ2n) is 9.14. The van der Waals surface area contributed by atoms with E-state index >= 15 is 0 Å². The number of carbonyl (C=O) groups is 1. The van der Waals surface area contributed by atoms with Gasteiger partial charge in [0.2, 0.25) is 10.0 Å². The maximum atomic E-state index is 14.1. The normalized spacial score (nSPS) is 14.5. The first kappa shape index (κ1) is 27.3. The number of amides is 1. The van der Waals surface area contributed by atoms with Crippen LogP contribution in [0.5, 0.6) is 5.75 Å². The monoisotopic (exact) mass is 537 g/mol. The number of piperazine rings is 1. The van der Waals surface area contributed by atoms with Crippen molar-refractivity contribution in [2.24, 2.45) is 0 Å². The van der Waals surface area contributed by atoms with Gasteiger partial charge in [0.15, 0.2) is 6.61 Å². The van der Waals surface area contributed by atoms with Crippen LogP contribution < -0.4 is 9.04 Å². The van der Waals surface area contributed by atoms with Gasteiger partial charge < -0.3 is 9.64 Å². The molecule has 1 aliphatic heterocycles. The Bertz CT molecular complexity index is 1340. The number of hydrogen-bond acceptors (Lipinski definition) is 5. The summed E-state index contributed by atoms with van der Waals surface area (Å²) in [4.78, 5) is 16.8. The molecule has 7 nitrogen and oxygen atoms in total. The predicted molar refractivity (Wildman–Crippen MR) is 148 cm³/mol. The summed E-state index contributed by atoms with van der Waals surface area (Å²) in [7, 11) is -3.65. The quantitative estimate of drug-likeness (QED) is 0.391. The van der Waals surface area contributed by atoms with E-state index in [1.54, 1.807) is 47.4 Å². The van der Waals surface area contributed by atoms with Gasteiger partial charge in [0.1, 0.15) is 11.6 Å². The highest BCUT2D eigenvalue weighted by Gasteiger charge is 2.22. The number of nitrogens with zero attached hydrogens (tertiary/aromatic N) is 3. The summed E-state index contributed by atoms with van der Waals surface area (Å²) in [5, 5.41) is 0. The summed E-state index contributed by atoms with van der Waals surface area (Å²) < 4.78 is 45.7. The molecule has 1 aliphatic rings. The van der Waals surface area contributed by atoms with Crippen molar-refractivity contribution in [3.63, 3.8) is 0 Å². The summed E-state index contributed by atoms with van der Waals surface area (Å²) >= 11 is 0. The van der Waals surface area contributed by atoms with Gasteiger partial charge in [-0.05, 0) is 35.9 Å². The van der Waals surface area contributed by atoms with Gasteiger partial charge in [-0.25, -0.2) is 12.8 Å². The summed E-state index contributed by atoms with van der Waals surface area (Å²) in [6.07, 6.45) is 5.32. The SMILES string of the molecule is CS(=O)(=O)N(Cc1ccccc1F)c1ccc(OCC(=O)N2CCN(C/C=C/c3ccccc3)CC2)cc1. The average Bonchev–Trinajstić information content (AvgIpc) is 2.92. The third-order valence-corrected chi connectivity index (χ3v) is 7.50. The number of rotatable bonds is 10. The van der Waals surface area contributed by atoms with Crippen molar-refractivity contribution < 1.29 is 22.3 Å². The molecule has 38 heavy (non-hydrogen) atoms. The maximum Gasteiger partial charge on any atom is 0.260 e. The number of ether oxygens (including phenoxy) is 1. The summed E-state index contributed by atoms with van der Waals surface area (Å²) in [5.41, 5.74) is 1.82. The van der Waals surface area contributed by atoms with E-state index in [1.165, 1.54) is 11.6 Å². The largest absolute Gasteiger partial charge is 0.484 e. The van der Waals surface area contributed by atoms with Crippen LogP contribution in [0.25, 0.3) is 6.08 Å². The zero-order valence-electron chi connectivity index (χ0n) is 21.4. The smallest absolute Gasteiger partial charge is 0.260 e. The van der Waals surface area contributed by atoms with Gasteiger partial charge in [-0.2, -0.15) is 0 Å². The number of halogens is 1. The van der Waals surface area contributed by atoms with E-state index in [0.29, 0.717) is 24.5 Å². The van der Waals surface area contributed by atoms with Crippen molar-refractivity contribution in [3.8, 4) is 5.75 Å². The first-order chi connectivity index (χ1) is 18.3. The molecule has 0 spiro atoms. The highest BCUT2D eigenvalue weighted by atomic mass is 32.2. The second kappa shape index (κ2) is 12.7. The fraction of sp³-hybridized carbons (Fsp3) is 0.276. The predicted octanol–water partition coefficient (Wildman–Crippen LogP) is 4.03. The van der Waals surface area contributed by atoms with Gasteiger partial charge in [-0.3, -0.25) is 14.0 Å². The lowest BCUT2D eigenvalue weighted by Crippen LogP contribution is -2.49. The number of anilines is 1. The minimum absolute atomic E-state index is 0.0918. The van der Waals surface area contributed by atoms with E-state index in [2.05, 4.69) is 29.2 Å². The molecule has 1 amide bonds. The molecule has 0 unspecified atom stereocenters. The number of benzene rings is 3. The van der Waals surface area contributed by atoms with Gasteiger partial charge >= 0.3 is 0 Å². The lowest BCUT2D eigenvalue weighted by Gasteiger charge is -2.34. The van der Waals surface area contributed by atoms with Crippen molar-refractivity contribution in [3.05, 3.63) is 102 Å². The van der Waals surface area contributed by atoms with Crippen LogP contribution in [0.1, 0.15) is 11.1 Å². The van der Waals surface area contributed by atoms with Gasteiger partial charge in [-0.15, -0.1) is 0 Å². The van der Waals surface area contributed by atoms with E-state index in [-0.39, 0.29) is 24.6 Å². The van der Waals surface area contributed by atoms with Crippen molar-refractivity contribution in [1.29, 1.82) is 0 Å². The highest BCUT2D eigenvalue weighted by molar-refractivity contribution is 7.92. The Kier molecular flexibility index (Phi) is 9.15. The van der Waals surface area contributed by atoms with Gasteiger partial charge in [-0.1, -0.05) is 60.7 Å². The lowest BCUT2D eigenvalue weighted by atomic mass is 10.2. The van der Waals surface area contributed by atoms with Crippen LogP contribution in [-0.2, 0) is 21.4 Å². The first-order valence-electron chi connectivity index (χ1n) is 12.5. The average molecular weight is 538 g/mol. The number of carbonyl (C=O) groups excluding carboxylic acids is 1.